The van der Waals surface area contributed by atoms with Gasteiger partial charge in [-0.3, -0.25) is 0 Å². The van der Waals surface area contributed by atoms with Crippen molar-refractivity contribution in [1.29, 1.82) is 0 Å². The van der Waals surface area contributed by atoms with Gasteiger partial charge < -0.3 is 9.47 Å². The molecule has 0 amide bonds. The van der Waals surface area contributed by atoms with Gasteiger partial charge in [-0.2, -0.15) is 0 Å². The molecule has 0 saturated heterocycles. The Labute approximate surface area is 129 Å². The van der Waals surface area contributed by atoms with Crippen molar-refractivity contribution in [3.8, 4) is 5.75 Å². The maximum absolute atomic E-state index is 11.3. The predicted molar refractivity (Wildman–Crippen MR) is 79.0 cm³/mol. The molecule has 20 heavy (non-hydrogen) atoms. The number of sulfonamides is 1. The summed E-state index contributed by atoms with van der Waals surface area (Å²) >= 11 is 11.8. The third-order valence-electron chi connectivity index (χ3n) is 2.23. The van der Waals surface area contributed by atoms with Gasteiger partial charge in [0.15, 0.2) is 0 Å². The molecule has 0 aromatic heterocycles. The van der Waals surface area contributed by atoms with Crippen molar-refractivity contribution in [2.75, 3.05) is 19.8 Å². The minimum Gasteiger partial charge on any atom is -0.490 e. The Bertz CT molecular complexity index is 561. The first-order valence-electron chi connectivity index (χ1n) is 5.94. The third-order valence-corrected chi connectivity index (χ3v) is 3.90. The molecule has 0 atom stereocenters. The molecule has 1 rings (SSSR count). The first-order chi connectivity index (χ1) is 9.21. The summed E-state index contributed by atoms with van der Waals surface area (Å²) in [7, 11) is -3.91. The molecule has 8 heteroatoms. The van der Waals surface area contributed by atoms with Crippen LogP contribution in [0.2, 0.25) is 10.0 Å². The lowest BCUT2D eigenvalue weighted by molar-refractivity contribution is 0.0819. The van der Waals surface area contributed by atoms with E-state index in [0.29, 0.717) is 19.1 Å². The zero-order chi connectivity index (χ0) is 15.3. The molecule has 2 N–H and O–H groups in total. The van der Waals surface area contributed by atoms with Crippen LogP contribution in [0.15, 0.2) is 17.0 Å². The molecule has 0 aliphatic rings. The van der Waals surface area contributed by atoms with Crippen LogP contribution in [-0.2, 0) is 14.8 Å². The summed E-state index contributed by atoms with van der Waals surface area (Å²) in [6, 6.07) is 2.50. The van der Waals surface area contributed by atoms with E-state index in [2.05, 4.69) is 0 Å². The zero-order valence-electron chi connectivity index (χ0n) is 11.2. The molecule has 0 saturated carbocycles. The van der Waals surface area contributed by atoms with E-state index >= 15 is 0 Å². The van der Waals surface area contributed by atoms with Gasteiger partial charge in [-0.05, 0) is 12.0 Å². The fraction of sp³-hybridized carbons (Fsp3) is 0.500. The Kier molecular flexibility index (Phi) is 6.54. The highest BCUT2D eigenvalue weighted by Gasteiger charge is 2.16. The molecule has 0 fully saturated rings. The number of halogens is 2. The molecule has 0 spiro atoms. The van der Waals surface area contributed by atoms with Crippen LogP contribution in [0.4, 0.5) is 0 Å². The fourth-order valence-electron chi connectivity index (χ4n) is 1.37. The van der Waals surface area contributed by atoms with Crippen LogP contribution >= 0.6 is 23.2 Å². The predicted octanol–water partition coefficient (Wildman–Crippen LogP) is 2.69. The van der Waals surface area contributed by atoms with E-state index in [0.717, 1.165) is 0 Å². The van der Waals surface area contributed by atoms with E-state index < -0.39 is 10.0 Å². The molecule has 0 aliphatic carbocycles. The van der Waals surface area contributed by atoms with Crippen LogP contribution in [0.1, 0.15) is 13.8 Å². The van der Waals surface area contributed by atoms with Crippen molar-refractivity contribution in [3.05, 3.63) is 22.2 Å². The van der Waals surface area contributed by atoms with Crippen molar-refractivity contribution < 1.29 is 17.9 Å². The Morgan fingerprint density at radius 3 is 2.40 bits per heavy atom. The summed E-state index contributed by atoms with van der Waals surface area (Å²) in [6.07, 6.45) is 0. The summed E-state index contributed by atoms with van der Waals surface area (Å²) in [6.45, 7) is 5.43. The number of primary sulfonamides is 1. The number of nitrogens with two attached hydrogens (primary N) is 1. The van der Waals surface area contributed by atoms with E-state index in [1.54, 1.807) is 0 Å². The second kappa shape index (κ2) is 7.47. The normalized spacial score (nSPS) is 11.9. The van der Waals surface area contributed by atoms with Gasteiger partial charge in [0.25, 0.3) is 0 Å². The van der Waals surface area contributed by atoms with E-state index in [1.165, 1.54) is 12.1 Å². The lowest BCUT2D eigenvalue weighted by Gasteiger charge is -2.11. The van der Waals surface area contributed by atoms with E-state index in [4.69, 9.17) is 37.8 Å². The minimum absolute atomic E-state index is 0.0324. The Hall–Kier alpha value is -0.530. The second-order valence-corrected chi connectivity index (χ2v) is 6.92. The maximum atomic E-state index is 11.3. The largest absolute Gasteiger partial charge is 0.490 e. The van der Waals surface area contributed by atoms with Crippen molar-refractivity contribution in [1.82, 2.24) is 0 Å². The third kappa shape index (κ3) is 5.46. The van der Waals surface area contributed by atoms with Crippen LogP contribution in [0.3, 0.4) is 0 Å². The van der Waals surface area contributed by atoms with Crippen LogP contribution < -0.4 is 9.88 Å². The summed E-state index contributed by atoms with van der Waals surface area (Å²) in [5.41, 5.74) is 0. The highest BCUT2D eigenvalue weighted by atomic mass is 35.5. The fourth-order valence-corrected chi connectivity index (χ4v) is 2.74. The van der Waals surface area contributed by atoms with Gasteiger partial charge in [0.2, 0.25) is 10.0 Å². The van der Waals surface area contributed by atoms with Gasteiger partial charge in [0.1, 0.15) is 17.3 Å². The topological polar surface area (TPSA) is 78.6 Å². The molecular formula is C12H17Cl2NO4S. The van der Waals surface area contributed by atoms with Crippen LogP contribution in [0.25, 0.3) is 0 Å². The maximum Gasteiger partial charge on any atom is 0.239 e. The lowest BCUT2D eigenvalue weighted by Crippen LogP contribution is -2.13. The molecule has 1 aromatic rings. The Balaban J connectivity index is 2.67. The van der Waals surface area contributed by atoms with E-state index in [9.17, 15) is 8.42 Å². The van der Waals surface area contributed by atoms with Crippen molar-refractivity contribution in [2.45, 2.75) is 18.7 Å². The highest BCUT2D eigenvalue weighted by Crippen LogP contribution is 2.33. The monoisotopic (exact) mass is 341 g/mol. The lowest BCUT2D eigenvalue weighted by atomic mass is 10.2. The number of hydrogen-bond donors (Lipinski definition) is 1. The van der Waals surface area contributed by atoms with Gasteiger partial charge in [0, 0.05) is 12.7 Å². The average molecular weight is 342 g/mol. The van der Waals surface area contributed by atoms with Crippen LogP contribution in [0.5, 0.6) is 5.75 Å². The first-order valence-corrected chi connectivity index (χ1v) is 8.24. The van der Waals surface area contributed by atoms with Gasteiger partial charge in [-0.1, -0.05) is 37.0 Å². The molecule has 0 heterocycles. The molecule has 0 radical (unpaired) electrons. The Morgan fingerprint density at radius 1 is 1.20 bits per heavy atom. The summed E-state index contributed by atoms with van der Waals surface area (Å²) in [5, 5.41) is 5.11. The standard InChI is InChI=1S/C12H17Cl2NO4S/c1-8(2)7-18-3-4-19-11-5-10(14)12(6-9(11)13)20(15,16)17/h5-6,8H,3-4,7H2,1-2H3,(H2,15,16,17). The summed E-state index contributed by atoms with van der Waals surface area (Å²) in [5.74, 6) is 0.735. The first kappa shape index (κ1) is 17.5. The molecule has 0 unspecified atom stereocenters. The Morgan fingerprint density at radius 2 is 1.85 bits per heavy atom. The van der Waals surface area contributed by atoms with Gasteiger partial charge in [0.05, 0.1) is 16.7 Å². The van der Waals surface area contributed by atoms with Crippen molar-refractivity contribution in [3.63, 3.8) is 0 Å². The van der Waals surface area contributed by atoms with E-state index in [1.807, 2.05) is 13.8 Å². The van der Waals surface area contributed by atoms with Gasteiger partial charge >= 0.3 is 0 Å². The van der Waals surface area contributed by atoms with Crippen molar-refractivity contribution >= 4 is 33.2 Å². The number of benzene rings is 1. The number of hydrogen-bond acceptors (Lipinski definition) is 4. The molecular weight excluding hydrogens is 325 g/mol. The van der Waals surface area contributed by atoms with Crippen LogP contribution in [0, 0.1) is 5.92 Å². The van der Waals surface area contributed by atoms with Crippen molar-refractivity contribution in [2.24, 2.45) is 11.1 Å². The molecule has 1 aromatic carbocycles. The molecule has 0 bridgehead atoms. The highest BCUT2D eigenvalue weighted by molar-refractivity contribution is 7.89. The SMILES string of the molecule is CC(C)COCCOc1cc(Cl)c(S(N)(=O)=O)cc1Cl. The van der Waals surface area contributed by atoms with E-state index in [-0.39, 0.29) is 27.3 Å². The summed E-state index contributed by atoms with van der Waals surface area (Å²) in [4.78, 5) is -0.229. The smallest absolute Gasteiger partial charge is 0.239 e. The number of rotatable bonds is 7. The quantitative estimate of drug-likeness (QED) is 0.773. The molecule has 114 valence electrons. The van der Waals surface area contributed by atoms with Gasteiger partial charge in [-0.15, -0.1) is 0 Å². The minimum atomic E-state index is -3.91. The molecule has 0 aliphatic heterocycles. The second-order valence-electron chi connectivity index (χ2n) is 4.58. The van der Waals surface area contributed by atoms with Gasteiger partial charge in [-0.25, -0.2) is 13.6 Å². The number of ether oxygens (including phenoxy) is 2. The van der Waals surface area contributed by atoms with Crippen LogP contribution in [-0.4, -0.2) is 28.2 Å². The average Bonchev–Trinajstić information content (AvgIpc) is 2.30. The zero-order valence-corrected chi connectivity index (χ0v) is 13.6. The summed E-state index contributed by atoms with van der Waals surface area (Å²) < 4.78 is 33.2. The molecule has 5 nitrogen and oxygen atoms in total.